The fraction of sp³-hybridized carbons (Fsp3) is 0.231. The first-order chi connectivity index (χ1) is 8.70. The highest BCUT2D eigenvalue weighted by molar-refractivity contribution is 5.58. The number of anilines is 2. The van der Waals surface area contributed by atoms with Gasteiger partial charge in [0.25, 0.3) is 0 Å². The van der Waals surface area contributed by atoms with Crippen LogP contribution in [0.4, 0.5) is 15.9 Å². The molecular weight excluding hydrogens is 231 g/mol. The number of aromatic nitrogens is 2. The average Bonchev–Trinajstić information content (AvgIpc) is 2.39. The van der Waals surface area contributed by atoms with Crippen LogP contribution >= 0.6 is 0 Å². The second-order valence-corrected chi connectivity index (χ2v) is 3.90. The van der Waals surface area contributed by atoms with E-state index in [1.165, 1.54) is 12.1 Å². The summed E-state index contributed by atoms with van der Waals surface area (Å²) in [6, 6.07) is 8.20. The van der Waals surface area contributed by atoms with E-state index in [1.807, 2.05) is 25.1 Å². The molecule has 0 unspecified atom stereocenters. The summed E-state index contributed by atoms with van der Waals surface area (Å²) in [7, 11) is 3.69. The van der Waals surface area contributed by atoms with Crippen LogP contribution in [0.5, 0.6) is 0 Å². The molecule has 0 atom stereocenters. The van der Waals surface area contributed by atoms with Gasteiger partial charge in [-0.15, -0.1) is 0 Å². The smallest absolute Gasteiger partial charge is 0.144 e. The average molecular weight is 246 g/mol. The molecule has 0 saturated carbocycles. The van der Waals surface area contributed by atoms with E-state index in [4.69, 9.17) is 0 Å². The third kappa shape index (κ3) is 2.81. The lowest BCUT2D eigenvalue weighted by Gasteiger charge is -2.18. The molecule has 1 aromatic carbocycles. The summed E-state index contributed by atoms with van der Waals surface area (Å²) in [5.74, 6) is 1.18. The van der Waals surface area contributed by atoms with Gasteiger partial charge < -0.3 is 10.2 Å². The van der Waals surface area contributed by atoms with Gasteiger partial charge in [0.05, 0.1) is 6.54 Å². The Kier molecular flexibility index (Phi) is 3.84. The van der Waals surface area contributed by atoms with Crippen LogP contribution in [0.2, 0.25) is 0 Å². The lowest BCUT2D eigenvalue weighted by Crippen LogP contribution is -2.15. The quantitative estimate of drug-likeness (QED) is 0.897. The number of rotatable bonds is 4. The van der Waals surface area contributed by atoms with Gasteiger partial charge in [-0.25, -0.2) is 14.4 Å². The van der Waals surface area contributed by atoms with Crippen LogP contribution in [0.1, 0.15) is 5.82 Å². The summed E-state index contributed by atoms with van der Waals surface area (Å²) < 4.78 is 13.2. The van der Waals surface area contributed by atoms with E-state index in [2.05, 4.69) is 15.3 Å². The summed E-state index contributed by atoms with van der Waals surface area (Å²) in [5, 5.41) is 3.00. The number of hydrogen-bond acceptors (Lipinski definition) is 4. The van der Waals surface area contributed by atoms with Crippen LogP contribution in [-0.4, -0.2) is 24.1 Å². The zero-order valence-electron chi connectivity index (χ0n) is 10.4. The van der Waals surface area contributed by atoms with Crippen molar-refractivity contribution < 1.29 is 4.39 Å². The van der Waals surface area contributed by atoms with Gasteiger partial charge in [0, 0.05) is 18.9 Å². The van der Waals surface area contributed by atoms with Gasteiger partial charge in [0.2, 0.25) is 0 Å². The van der Waals surface area contributed by atoms with Crippen LogP contribution in [0, 0.1) is 5.82 Å². The van der Waals surface area contributed by atoms with E-state index >= 15 is 0 Å². The Labute approximate surface area is 105 Å². The Morgan fingerprint density at radius 1 is 1.33 bits per heavy atom. The molecule has 0 amide bonds. The molecule has 0 aliphatic heterocycles. The van der Waals surface area contributed by atoms with Gasteiger partial charge >= 0.3 is 0 Å². The molecule has 0 spiro atoms. The maximum absolute atomic E-state index is 13.2. The predicted molar refractivity (Wildman–Crippen MR) is 69.3 cm³/mol. The van der Waals surface area contributed by atoms with Gasteiger partial charge in [0.15, 0.2) is 0 Å². The minimum atomic E-state index is -0.260. The van der Waals surface area contributed by atoms with Crippen LogP contribution in [0.15, 0.2) is 36.5 Å². The standard InChI is InChI=1S/C13H15FN4/c1-15-9-12-16-7-6-13(17-12)18(2)11-5-3-4-10(14)8-11/h3-8,15H,9H2,1-2H3. The molecule has 5 heteroatoms. The molecule has 0 fully saturated rings. The molecule has 94 valence electrons. The first kappa shape index (κ1) is 12.4. The van der Waals surface area contributed by atoms with Crippen molar-refractivity contribution in [1.29, 1.82) is 0 Å². The molecule has 0 radical (unpaired) electrons. The molecule has 1 aromatic heterocycles. The lowest BCUT2D eigenvalue weighted by molar-refractivity contribution is 0.628. The Hall–Kier alpha value is -2.01. The van der Waals surface area contributed by atoms with Crippen molar-refractivity contribution in [3.63, 3.8) is 0 Å². The monoisotopic (exact) mass is 246 g/mol. The summed E-state index contributed by atoms with van der Waals surface area (Å²) in [6.45, 7) is 0.602. The maximum Gasteiger partial charge on any atom is 0.144 e. The van der Waals surface area contributed by atoms with Crippen molar-refractivity contribution in [2.75, 3.05) is 19.0 Å². The summed E-state index contributed by atoms with van der Waals surface area (Å²) in [4.78, 5) is 10.4. The number of nitrogens with zero attached hydrogens (tertiary/aromatic N) is 3. The first-order valence-electron chi connectivity index (χ1n) is 5.66. The molecule has 2 aromatic rings. The van der Waals surface area contributed by atoms with Crippen LogP contribution in [-0.2, 0) is 6.54 Å². The fourth-order valence-electron chi connectivity index (χ4n) is 1.64. The fourth-order valence-corrected chi connectivity index (χ4v) is 1.64. The van der Waals surface area contributed by atoms with Crippen molar-refractivity contribution in [2.45, 2.75) is 6.54 Å². The summed E-state index contributed by atoms with van der Waals surface area (Å²) in [5.41, 5.74) is 0.754. The second-order valence-electron chi connectivity index (χ2n) is 3.90. The van der Waals surface area contributed by atoms with Gasteiger partial charge in [-0.1, -0.05) is 6.07 Å². The molecule has 0 aliphatic rings. The maximum atomic E-state index is 13.2. The largest absolute Gasteiger partial charge is 0.329 e. The topological polar surface area (TPSA) is 41.1 Å². The molecule has 1 N–H and O–H groups in total. The van der Waals surface area contributed by atoms with Gasteiger partial charge in [-0.05, 0) is 31.3 Å². The van der Waals surface area contributed by atoms with E-state index in [9.17, 15) is 4.39 Å². The number of benzene rings is 1. The zero-order valence-corrected chi connectivity index (χ0v) is 10.4. The van der Waals surface area contributed by atoms with E-state index in [0.29, 0.717) is 12.4 Å². The minimum absolute atomic E-state index is 0.260. The highest BCUT2D eigenvalue weighted by Gasteiger charge is 2.07. The van der Waals surface area contributed by atoms with Crippen molar-refractivity contribution in [3.8, 4) is 0 Å². The van der Waals surface area contributed by atoms with Crippen LogP contribution in [0.25, 0.3) is 0 Å². The molecule has 0 aliphatic carbocycles. The van der Waals surface area contributed by atoms with E-state index in [0.717, 1.165) is 11.5 Å². The Morgan fingerprint density at radius 3 is 2.89 bits per heavy atom. The molecule has 2 rings (SSSR count). The van der Waals surface area contributed by atoms with Crippen molar-refractivity contribution in [2.24, 2.45) is 0 Å². The SMILES string of the molecule is CNCc1nccc(N(C)c2cccc(F)c2)n1. The van der Waals surface area contributed by atoms with Gasteiger partial charge in [0.1, 0.15) is 17.5 Å². The zero-order chi connectivity index (χ0) is 13.0. The third-order valence-electron chi connectivity index (χ3n) is 2.56. The Morgan fingerprint density at radius 2 is 2.17 bits per heavy atom. The normalized spacial score (nSPS) is 10.4. The van der Waals surface area contributed by atoms with E-state index in [1.54, 1.807) is 18.3 Å². The van der Waals surface area contributed by atoms with Gasteiger partial charge in [-0.2, -0.15) is 0 Å². The van der Waals surface area contributed by atoms with Crippen molar-refractivity contribution >= 4 is 11.5 Å². The Balaban J connectivity index is 2.27. The summed E-state index contributed by atoms with van der Waals surface area (Å²) in [6.07, 6.45) is 1.70. The summed E-state index contributed by atoms with van der Waals surface area (Å²) >= 11 is 0. The van der Waals surface area contributed by atoms with Gasteiger partial charge in [-0.3, -0.25) is 0 Å². The highest BCUT2D eigenvalue weighted by atomic mass is 19.1. The molecule has 4 nitrogen and oxygen atoms in total. The minimum Gasteiger partial charge on any atom is -0.329 e. The molecular formula is C13H15FN4. The first-order valence-corrected chi connectivity index (χ1v) is 5.66. The molecule has 0 saturated heterocycles. The number of halogens is 1. The lowest BCUT2D eigenvalue weighted by atomic mass is 10.3. The molecule has 1 heterocycles. The van der Waals surface area contributed by atoms with Crippen molar-refractivity contribution in [3.05, 3.63) is 48.2 Å². The van der Waals surface area contributed by atoms with E-state index < -0.39 is 0 Å². The predicted octanol–water partition coefficient (Wildman–Crippen LogP) is 2.10. The van der Waals surface area contributed by atoms with Crippen LogP contribution < -0.4 is 10.2 Å². The highest BCUT2D eigenvalue weighted by Crippen LogP contribution is 2.21. The Bertz CT molecular complexity index is 530. The molecule has 0 bridgehead atoms. The molecule has 18 heavy (non-hydrogen) atoms. The second kappa shape index (κ2) is 5.55. The number of nitrogens with one attached hydrogen (secondary N) is 1. The van der Waals surface area contributed by atoms with E-state index in [-0.39, 0.29) is 5.82 Å². The van der Waals surface area contributed by atoms with Crippen molar-refractivity contribution in [1.82, 2.24) is 15.3 Å². The third-order valence-corrected chi connectivity index (χ3v) is 2.56. The number of hydrogen-bond donors (Lipinski definition) is 1. The van der Waals surface area contributed by atoms with Crippen LogP contribution in [0.3, 0.4) is 0 Å².